The first-order valence-electron chi connectivity index (χ1n) is 20.2. The molecule has 1 heterocycles. The highest BCUT2D eigenvalue weighted by Crippen LogP contribution is 2.67. The summed E-state index contributed by atoms with van der Waals surface area (Å²) in [4.78, 5) is 12.9. The first kappa shape index (κ1) is 40.0. The number of ether oxygens (including phenoxy) is 8. The van der Waals surface area contributed by atoms with Crippen LogP contribution >= 0.6 is 0 Å². The standard InChI is InChI=1S/C41H70O9/c1-30(2)7-6-8-31(3)36-11-12-37-35-10-9-32-27-33(13-15-40(32,4)38(35)14-16-41(36,37)5)50-39(42)49-29-34-28-47-24-23-45-20-19-43-17-18-44-21-22-46-25-26-48-34/h9,30-31,33-38H,6-8,10-29H2,1-5H3/t31-,33+,34?,35+,36-,37+,38+,40+,41-/m1/s1. The molecule has 0 spiro atoms. The van der Waals surface area contributed by atoms with E-state index in [0.29, 0.717) is 71.5 Å². The Morgan fingerprint density at radius 1 is 0.800 bits per heavy atom. The van der Waals surface area contributed by atoms with Crippen LogP contribution in [0, 0.1) is 46.3 Å². The van der Waals surface area contributed by atoms with E-state index >= 15 is 0 Å². The number of rotatable bonds is 8. The van der Waals surface area contributed by atoms with Crippen molar-refractivity contribution in [1.82, 2.24) is 0 Å². The van der Waals surface area contributed by atoms with Crippen LogP contribution in [0.25, 0.3) is 0 Å². The molecule has 0 aromatic heterocycles. The Hall–Kier alpha value is -1.23. The zero-order valence-corrected chi connectivity index (χ0v) is 32.1. The third kappa shape index (κ3) is 10.7. The van der Waals surface area contributed by atoms with Crippen LogP contribution in [0.2, 0.25) is 0 Å². The lowest BCUT2D eigenvalue weighted by Gasteiger charge is -2.58. The fourth-order valence-electron chi connectivity index (χ4n) is 10.6. The second-order valence-corrected chi connectivity index (χ2v) is 16.9. The average Bonchev–Trinajstić information content (AvgIpc) is 3.45. The fourth-order valence-corrected chi connectivity index (χ4v) is 10.6. The Labute approximate surface area is 303 Å². The van der Waals surface area contributed by atoms with Gasteiger partial charge in [-0.05, 0) is 91.3 Å². The van der Waals surface area contributed by atoms with Crippen LogP contribution in [-0.4, -0.2) is 97.6 Å². The van der Waals surface area contributed by atoms with E-state index in [9.17, 15) is 4.79 Å². The van der Waals surface area contributed by atoms with Crippen molar-refractivity contribution in [3.05, 3.63) is 11.6 Å². The minimum Gasteiger partial charge on any atom is -0.431 e. The van der Waals surface area contributed by atoms with Gasteiger partial charge < -0.3 is 37.9 Å². The highest BCUT2D eigenvalue weighted by Gasteiger charge is 2.59. The topological polar surface area (TPSA) is 90.9 Å². The number of fused-ring (bicyclic) bond motifs is 5. The number of carbonyl (C=O) groups is 1. The van der Waals surface area contributed by atoms with E-state index in [2.05, 4.69) is 40.7 Å². The number of allylic oxidation sites excluding steroid dienone is 1. The highest BCUT2D eigenvalue weighted by molar-refractivity contribution is 5.60. The zero-order chi connectivity index (χ0) is 35.4. The minimum atomic E-state index is -0.624. The number of carbonyl (C=O) groups excluding carboxylic acids is 1. The van der Waals surface area contributed by atoms with Gasteiger partial charge in [-0.15, -0.1) is 0 Å². The van der Waals surface area contributed by atoms with Crippen molar-refractivity contribution in [2.75, 3.05) is 79.3 Å². The molecule has 9 heteroatoms. The van der Waals surface area contributed by atoms with Gasteiger partial charge in [0, 0.05) is 6.42 Å². The monoisotopic (exact) mass is 707 g/mol. The molecule has 4 aliphatic carbocycles. The maximum atomic E-state index is 12.9. The lowest BCUT2D eigenvalue weighted by Crippen LogP contribution is -2.51. The Kier molecular flexibility index (Phi) is 15.8. The molecule has 3 saturated carbocycles. The Balaban J connectivity index is 1.08. The molecule has 0 bridgehead atoms. The molecule has 0 N–H and O–H groups in total. The summed E-state index contributed by atoms with van der Waals surface area (Å²) in [5, 5.41) is 0. The van der Waals surface area contributed by atoms with Crippen molar-refractivity contribution in [3.8, 4) is 0 Å². The molecule has 288 valence electrons. The van der Waals surface area contributed by atoms with Crippen molar-refractivity contribution in [1.29, 1.82) is 0 Å². The summed E-state index contributed by atoms with van der Waals surface area (Å²) in [5.41, 5.74) is 2.23. The van der Waals surface area contributed by atoms with E-state index in [1.807, 2.05) is 0 Å². The van der Waals surface area contributed by atoms with Crippen LogP contribution in [0.4, 0.5) is 4.79 Å². The lowest BCUT2D eigenvalue weighted by atomic mass is 9.47. The predicted octanol–water partition coefficient (Wildman–Crippen LogP) is 8.03. The summed E-state index contributed by atoms with van der Waals surface area (Å²) in [6.07, 6.45) is 15.0. The van der Waals surface area contributed by atoms with Crippen LogP contribution in [-0.2, 0) is 37.9 Å². The molecule has 1 saturated heterocycles. The van der Waals surface area contributed by atoms with Crippen LogP contribution in [0.3, 0.4) is 0 Å². The van der Waals surface area contributed by atoms with Crippen LogP contribution in [0.15, 0.2) is 11.6 Å². The van der Waals surface area contributed by atoms with Crippen molar-refractivity contribution < 1.29 is 42.7 Å². The molecule has 0 aromatic carbocycles. The van der Waals surface area contributed by atoms with Gasteiger partial charge in [-0.1, -0.05) is 65.5 Å². The fraction of sp³-hybridized carbons (Fsp3) is 0.927. The molecule has 0 radical (unpaired) electrons. The van der Waals surface area contributed by atoms with Gasteiger partial charge in [-0.2, -0.15) is 0 Å². The lowest BCUT2D eigenvalue weighted by molar-refractivity contribution is -0.0860. The smallest absolute Gasteiger partial charge is 0.431 e. The third-order valence-electron chi connectivity index (χ3n) is 13.3. The Morgan fingerprint density at radius 2 is 1.46 bits per heavy atom. The molecule has 9 atom stereocenters. The molecule has 0 amide bonds. The van der Waals surface area contributed by atoms with Gasteiger partial charge in [0.15, 0.2) is 0 Å². The van der Waals surface area contributed by atoms with Crippen molar-refractivity contribution in [2.24, 2.45) is 46.3 Å². The van der Waals surface area contributed by atoms with E-state index in [4.69, 9.17) is 37.9 Å². The minimum absolute atomic E-state index is 0.0605. The van der Waals surface area contributed by atoms with E-state index in [0.717, 1.165) is 54.8 Å². The maximum absolute atomic E-state index is 12.9. The largest absolute Gasteiger partial charge is 0.508 e. The first-order valence-corrected chi connectivity index (χ1v) is 20.2. The SMILES string of the molecule is CC(C)CCC[C@@H](C)[C@H]1CC[C@H]2[C@@H]3CC=C4C[C@@H](OC(=O)OCC5COCCOCCOCCOCCOCCO5)CC[C@]4(C)[C@H]3CC[C@]12C. The van der Waals surface area contributed by atoms with Gasteiger partial charge in [0.25, 0.3) is 0 Å². The second-order valence-electron chi connectivity index (χ2n) is 16.9. The molecule has 5 rings (SSSR count). The van der Waals surface area contributed by atoms with E-state index in [1.54, 1.807) is 0 Å². The zero-order valence-electron chi connectivity index (χ0n) is 32.1. The molecule has 0 aromatic rings. The average molecular weight is 707 g/mol. The van der Waals surface area contributed by atoms with Crippen molar-refractivity contribution in [3.63, 3.8) is 0 Å². The molecule has 1 unspecified atom stereocenters. The quantitative estimate of drug-likeness (QED) is 0.184. The van der Waals surface area contributed by atoms with E-state index in [-0.39, 0.29) is 24.7 Å². The summed E-state index contributed by atoms with van der Waals surface area (Å²) in [6.45, 7) is 17.5. The molecular formula is C41H70O9. The highest BCUT2D eigenvalue weighted by atomic mass is 16.7. The summed E-state index contributed by atoms with van der Waals surface area (Å²) >= 11 is 0. The maximum Gasteiger partial charge on any atom is 0.508 e. The third-order valence-corrected chi connectivity index (χ3v) is 13.3. The first-order chi connectivity index (χ1) is 24.2. The van der Waals surface area contributed by atoms with Gasteiger partial charge in [-0.3, -0.25) is 0 Å². The van der Waals surface area contributed by atoms with Crippen LogP contribution < -0.4 is 0 Å². The summed E-state index contributed by atoms with van der Waals surface area (Å²) in [7, 11) is 0. The van der Waals surface area contributed by atoms with Gasteiger partial charge in [0.1, 0.15) is 18.8 Å². The van der Waals surface area contributed by atoms with Gasteiger partial charge in [-0.25, -0.2) is 4.79 Å². The van der Waals surface area contributed by atoms with E-state index < -0.39 is 12.3 Å². The Morgan fingerprint density at radius 3 is 2.14 bits per heavy atom. The molecule has 9 nitrogen and oxygen atoms in total. The molecule has 5 aliphatic rings. The summed E-state index contributed by atoms with van der Waals surface area (Å²) in [5.74, 6) is 4.90. The normalized spacial score (nSPS) is 37.3. The van der Waals surface area contributed by atoms with Crippen molar-refractivity contribution >= 4 is 6.16 Å². The van der Waals surface area contributed by atoms with E-state index in [1.165, 1.54) is 56.9 Å². The van der Waals surface area contributed by atoms with Gasteiger partial charge >= 0.3 is 6.16 Å². The number of hydrogen-bond donors (Lipinski definition) is 0. The predicted molar refractivity (Wildman–Crippen MR) is 193 cm³/mol. The van der Waals surface area contributed by atoms with Gasteiger partial charge in [0.05, 0.1) is 72.7 Å². The van der Waals surface area contributed by atoms with Crippen LogP contribution in [0.1, 0.15) is 105 Å². The molecular weight excluding hydrogens is 636 g/mol. The second kappa shape index (κ2) is 19.7. The van der Waals surface area contributed by atoms with Crippen LogP contribution in [0.5, 0.6) is 0 Å². The molecule has 4 fully saturated rings. The summed E-state index contributed by atoms with van der Waals surface area (Å²) < 4.78 is 45.4. The molecule has 1 aliphatic heterocycles. The Bertz CT molecular complexity index is 1030. The van der Waals surface area contributed by atoms with Crippen molar-refractivity contribution in [2.45, 2.75) is 117 Å². The number of hydrogen-bond acceptors (Lipinski definition) is 9. The van der Waals surface area contributed by atoms with Gasteiger partial charge in [0.2, 0.25) is 0 Å². The summed E-state index contributed by atoms with van der Waals surface area (Å²) in [6, 6.07) is 0. The molecule has 50 heavy (non-hydrogen) atoms.